The molecule has 0 saturated carbocycles. The predicted molar refractivity (Wildman–Crippen MR) is 49.1 cm³/mol. The molecule has 0 radical (unpaired) electrons. The average molecular weight is 192 g/mol. The van der Waals surface area contributed by atoms with E-state index in [-0.39, 0.29) is 12.6 Å². The van der Waals surface area contributed by atoms with Gasteiger partial charge in [-0.15, -0.1) is 0 Å². The van der Waals surface area contributed by atoms with Crippen LogP contribution in [0.1, 0.15) is 13.3 Å². The molecule has 0 bridgehead atoms. The molecule has 78 valence electrons. The van der Waals surface area contributed by atoms with Crippen molar-refractivity contribution < 1.29 is 8.78 Å². The van der Waals surface area contributed by atoms with Gasteiger partial charge in [0.25, 0.3) is 6.43 Å². The van der Waals surface area contributed by atoms with Gasteiger partial charge in [-0.3, -0.25) is 4.90 Å². The number of rotatable bonds is 3. The summed E-state index contributed by atoms with van der Waals surface area (Å²) >= 11 is 0. The van der Waals surface area contributed by atoms with Crippen LogP contribution in [0.3, 0.4) is 0 Å². The summed E-state index contributed by atoms with van der Waals surface area (Å²) in [5.41, 5.74) is 0. The van der Waals surface area contributed by atoms with Crippen LogP contribution in [0.4, 0.5) is 8.78 Å². The van der Waals surface area contributed by atoms with E-state index in [1.165, 1.54) is 0 Å². The molecule has 1 aliphatic rings. The highest BCUT2D eigenvalue weighted by molar-refractivity contribution is 4.82. The quantitative estimate of drug-likeness (QED) is 0.722. The Hall–Kier alpha value is -0.220. The first-order chi connectivity index (χ1) is 6.11. The second-order valence-corrected chi connectivity index (χ2v) is 3.87. The lowest BCUT2D eigenvalue weighted by molar-refractivity contribution is 0.0589. The highest BCUT2D eigenvalue weighted by Gasteiger charge is 2.25. The number of halogens is 2. The van der Waals surface area contributed by atoms with Crippen molar-refractivity contribution in [3.8, 4) is 0 Å². The third kappa shape index (κ3) is 3.19. The van der Waals surface area contributed by atoms with Crippen LogP contribution in [0.2, 0.25) is 0 Å². The summed E-state index contributed by atoms with van der Waals surface area (Å²) in [6.45, 7) is 3.87. The van der Waals surface area contributed by atoms with E-state index in [4.69, 9.17) is 0 Å². The monoisotopic (exact) mass is 192 g/mol. The highest BCUT2D eigenvalue weighted by atomic mass is 19.3. The van der Waals surface area contributed by atoms with E-state index >= 15 is 0 Å². The van der Waals surface area contributed by atoms with E-state index in [1.54, 1.807) is 11.9 Å². The number of nitrogens with one attached hydrogen (secondary N) is 1. The standard InChI is InChI=1S/C9H18F2N2/c1-7-3-4-12-5-8(7)13(2)6-9(10)11/h7-9,12H,3-6H2,1-2H3. The van der Waals surface area contributed by atoms with E-state index in [0.29, 0.717) is 5.92 Å². The lowest BCUT2D eigenvalue weighted by atomic mass is 9.94. The van der Waals surface area contributed by atoms with Crippen LogP contribution in [-0.2, 0) is 0 Å². The Labute approximate surface area is 78.3 Å². The van der Waals surface area contributed by atoms with Crippen molar-refractivity contribution in [3.63, 3.8) is 0 Å². The van der Waals surface area contributed by atoms with Gasteiger partial charge in [-0.05, 0) is 25.9 Å². The van der Waals surface area contributed by atoms with Crippen molar-refractivity contribution >= 4 is 0 Å². The van der Waals surface area contributed by atoms with Crippen molar-refractivity contribution in [2.24, 2.45) is 5.92 Å². The van der Waals surface area contributed by atoms with Crippen LogP contribution in [0.15, 0.2) is 0 Å². The molecule has 13 heavy (non-hydrogen) atoms. The molecule has 2 atom stereocenters. The molecular formula is C9H18F2N2. The maximum Gasteiger partial charge on any atom is 0.251 e. The molecule has 0 amide bonds. The van der Waals surface area contributed by atoms with Gasteiger partial charge >= 0.3 is 0 Å². The van der Waals surface area contributed by atoms with E-state index in [9.17, 15) is 8.78 Å². The summed E-state index contributed by atoms with van der Waals surface area (Å²) in [4.78, 5) is 1.77. The molecule has 1 aliphatic heterocycles. The van der Waals surface area contributed by atoms with Gasteiger partial charge in [0.15, 0.2) is 0 Å². The van der Waals surface area contributed by atoms with Gasteiger partial charge < -0.3 is 5.32 Å². The van der Waals surface area contributed by atoms with Gasteiger partial charge in [0.05, 0.1) is 6.54 Å². The molecule has 1 heterocycles. The second-order valence-electron chi connectivity index (χ2n) is 3.87. The third-order valence-electron chi connectivity index (χ3n) is 2.78. The minimum atomic E-state index is -2.22. The summed E-state index contributed by atoms with van der Waals surface area (Å²) in [5, 5.41) is 3.23. The Morgan fingerprint density at radius 2 is 2.23 bits per heavy atom. The maximum atomic E-state index is 12.1. The van der Waals surface area contributed by atoms with Crippen LogP contribution >= 0.6 is 0 Å². The number of likely N-dealkylation sites (N-methyl/N-ethyl adjacent to an activating group) is 1. The van der Waals surface area contributed by atoms with Crippen LogP contribution in [0, 0.1) is 5.92 Å². The fraction of sp³-hybridized carbons (Fsp3) is 1.00. The van der Waals surface area contributed by atoms with E-state index < -0.39 is 6.43 Å². The van der Waals surface area contributed by atoms with Crippen molar-refractivity contribution in [3.05, 3.63) is 0 Å². The van der Waals surface area contributed by atoms with Crippen LogP contribution < -0.4 is 5.32 Å². The fourth-order valence-electron chi connectivity index (χ4n) is 1.92. The van der Waals surface area contributed by atoms with Crippen molar-refractivity contribution in [2.75, 3.05) is 26.7 Å². The Morgan fingerprint density at radius 3 is 2.77 bits per heavy atom. The summed E-state index contributed by atoms with van der Waals surface area (Å²) in [6.07, 6.45) is -1.14. The van der Waals surface area contributed by atoms with Crippen LogP contribution in [0.5, 0.6) is 0 Å². The molecule has 1 N–H and O–H groups in total. The van der Waals surface area contributed by atoms with Crippen LogP contribution in [-0.4, -0.2) is 44.0 Å². The van der Waals surface area contributed by atoms with Crippen molar-refractivity contribution in [1.29, 1.82) is 0 Å². The molecule has 0 aromatic carbocycles. The molecule has 0 aliphatic carbocycles. The summed E-state index contributed by atoms with van der Waals surface area (Å²) in [7, 11) is 1.78. The lowest BCUT2D eigenvalue weighted by Gasteiger charge is -2.36. The topological polar surface area (TPSA) is 15.3 Å². The number of nitrogens with zero attached hydrogens (tertiary/aromatic N) is 1. The Balaban J connectivity index is 2.39. The molecule has 4 heteroatoms. The van der Waals surface area contributed by atoms with Gasteiger partial charge in [0.1, 0.15) is 0 Å². The van der Waals surface area contributed by atoms with Gasteiger partial charge in [0.2, 0.25) is 0 Å². The Bertz CT molecular complexity index is 153. The maximum absolute atomic E-state index is 12.1. The zero-order valence-corrected chi connectivity index (χ0v) is 8.26. The number of hydrogen-bond acceptors (Lipinski definition) is 2. The van der Waals surface area contributed by atoms with Gasteiger partial charge in [-0.1, -0.05) is 6.92 Å². The smallest absolute Gasteiger partial charge is 0.251 e. The second kappa shape index (κ2) is 4.86. The molecular weight excluding hydrogens is 174 g/mol. The van der Waals surface area contributed by atoms with Crippen molar-refractivity contribution in [1.82, 2.24) is 10.2 Å². The minimum absolute atomic E-state index is 0.114. The molecule has 1 saturated heterocycles. The zero-order valence-electron chi connectivity index (χ0n) is 8.26. The number of hydrogen-bond donors (Lipinski definition) is 1. The molecule has 2 nitrogen and oxygen atoms in total. The average Bonchev–Trinajstić information content (AvgIpc) is 2.03. The number of piperidine rings is 1. The summed E-state index contributed by atoms with van der Waals surface area (Å²) < 4.78 is 24.2. The molecule has 1 rings (SSSR count). The van der Waals surface area contributed by atoms with E-state index in [2.05, 4.69) is 12.2 Å². The summed E-state index contributed by atoms with van der Waals surface area (Å²) in [6, 6.07) is 0.266. The largest absolute Gasteiger partial charge is 0.315 e. The zero-order chi connectivity index (χ0) is 9.84. The molecule has 2 unspecified atom stereocenters. The first-order valence-corrected chi connectivity index (χ1v) is 4.80. The highest BCUT2D eigenvalue weighted by Crippen LogP contribution is 2.16. The Kier molecular flexibility index (Phi) is 4.06. The van der Waals surface area contributed by atoms with Gasteiger partial charge in [-0.25, -0.2) is 8.78 Å². The first-order valence-electron chi connectivity index (χ1n) is 4.80. The number of alkyl halides is 2. The normalized spacial score (nSPS) is 30.0. The van der Waals surface area contributed by atoms with Gasteiger partial charge in [-0.2, -0.15) is 0 Å². The lowest BCUT2D eigenvalue weighted by Crippen LogP contribution is -2.50. The van der Waals surface area contributed by atoms with E-state index in [0.717, 1.165) is 19.5 Å². The molecule has 0 aromatic heterocycles. The molecule has 0 spiro atoms. The molecule has 0 aromatic rings. The fourth-order valence-corrected chi connectivity index (χ4v) is 1.92. The van der Waals surface area contributed by atoms with Gasteiger partial charge in [0, 0.05) is 12.6 Å². The minimum Gasteiger partial charge on any atom is -0.315 e. The SMILES string of the molecule is CC1CCNCC1N(C)CC(F)F. The molecule has 1 fully saturated rings. The first kappa shape index (κ1) is 10.9. The van der Waals surface area contributed by atoms with Crippen molar-refractivity contribution in [2.45, 2.75) is 25.8 Å². The van der Waals surface area contributed by atoms with Crippen LogP contribution in [0.25, 0.3) is 0 Å². The third-order valence-corrected chi connectivity index (χ3v) is 2.78. The summed E-state index contributed by atoms with van der Waals surface area (Å²) in [5.74, 6) is 0.519. The predicted octanol–water partition coefficient (Wildman–Crippen LogP) is 1.18. The Morgan fingerprint density at radius 1 is 1.54 bits per heavy atom. The van der Waals surface area contributed by atoms with E-state index in [1.807, 2.05) is 0 Å².